The molecule has 0 saturated carbocycles. The molecule has 1 aliphatic heterocycles. The molecule has 1 saturated heterocycles. The van der Waals surface area contributed by atoms with Crippen molar-refractivity contribution < 1.29 is 19.0 Å². The van der Waals surface area contributed by atoms with Crippen molar-refractivity contribution in [3.8, 4) is 17.2 Å². The Morgan fingerprint density at radius 2 is 1.79 bits per heavy atom. The maximum Gasteiger partial charge on any atom is 0.258 e. The number of nitrogens with one attached hydrogen (secondary N) is 1. The van der Waals surface area contributed by atoms with E-state index in [4.69, 9.17) is 14.2 Å². The smallest absolute Gasteiger partial charge is 0.258 e. The first kappa shape index (κ1) is 20.0. The summed E-state index contributed by atoms with van der Waals surface area (Å²) in [5.41, 5.74) is 1.15. The number of amides is 1. The molecule has 0 bridgehead atoms. The number of ether oxygens (including phenoxy) is 3. The van der Waals surface area contributed by atoms with Crippen molar-refractivity contribution in [1.29, 1.82) is 0 Å². The molecule has 3 rings (SSSR count). The minimum Gasteiger partial charge on any atom is -0.497 e. The molecule has 28 heavy (non-hydrogen) atoms. The van der Waals surface area contributed by atoms with Crippen molar-refractivity contribution in [3.05, 3.63) is 54.1 Å². The zero-order valence-corrected chi connectivity index (χ0v) is 16.5. The number of rotatable bonds is 9. The van der Waals surface area contributed by atoms with Crippen LogP contribution in [0, 0.1) is 0 Å². The Bertz CT molecular complexity index is 775. The number of methoxy groups -OCH3 is 2. The lowest BCUT2D eigenvalue weighted by Gasteiger charge is -2.28. The monoisotopic (exact) mass is 384 g/mol. The topological polar surface area (TPSA) is 60.0 Å². The van der Waals surface area contributed by atoms with Gasteiger partial charge in [-0.1, -0.05) is 24.3 Å². The average Bonchev–Trinajstić information content (AvgIpc) is 3.27. The number of hydrogen-bond donors (Lipinski definition) is 1. The van der Waals surface area contributed by atoms with E-state index in [1.807, 2.05) is 30.3 Å². The quantitative estimate of drug-likeness (QED) is 0.720. The third-order valence-corrected chi connectivity index (χ3v) is 4.98. The number of benzene rings is 2. The van der Waals surface area contributed by atoms with Crippen molar-refractivity contribution in [2.45, 2.75) is 18.9 Å². The minimum absolute atomic E-state index is 0.0504. The second-order valence-electron chi connectivity index (χ2n) is 6.78. The van der Waals surface area contributed by atoms with Crippen LogP contribution in [0.15, 0.2) is 48.5 Å². The maximum absolute atomic E-state index is 12.4. The summed E-state index contributed by atoms with van der Waals surface area (Å²) in [7, 11) is 3.25. The Morgan fingerprint density at radius 1 is 1.04 bits per heavy atom. The van der Waals surface area contributed by atoms with Gasteiger partial charge in [-0.3, -0.25) is 9.69 Å². The number of carbonyl (C=O) groups excluding carboxylic acids is 1. The van der Waals surface area contributed by atoms with Gasteiger partial charge in [-0.25, -0.2) is 0 Å². The van der Waals surface area contributed by atoms with Crippen LogP contribution in [0.4, 0.5) is 0 Å². The fourth-order valence-electron chi connectivity index (χ4n) is 3.50. The first-order chi connectivity index (χ1) is 13.7. The van der Waals surface area contributed by atoms with Gasteiger partial charge in [0.05, 0.1) is 20.3 Å². The fraction of sp³-hybridized carbons (Fsp3) is 0.409. The standard InChI is InChI=1S/C22H28N2O4/c1-26-18-9-7-8-17(14-18)19(24-12-5-6-13-24)15-23-22(25)16-28-21-11-4-3-10-20(21)27-2/h3-4,7-11,14,19H,5-6,12-13,15-16H2,1-2H3,(H,23,25). The molecule has 0 radical (unpaired) electrons. The Morgan fingerprint density at radius 3 is 2.50 bits per heavy atom. The molecule has 0 aliphatic carbocycles. The van der Waals surface area contributed by atoms with Gasteiger partial charge in [0.2, 0.25) is 0 Å². The van der Waals surface area contributed by atoms with Crippen LogP contribution in [0.5, 0.6) is 17.2 Å². The van der Waals surface area contributed by atoms with Gasteiger partial charge in [-0.15, -0.1) is 0 Å². The summed E-state index contributed by atoms with van der Waals surface area (Å²) in [5.74, 6) is 1.84. The van der Waals surface area contributed by atoms with Gasteiger partial charge in [0, 0.05) is 6.54 Å². The van der Waals surface area contributed by atoms with Crippen LogP contribution in [0.2, 0.25) is 0 Å². The van der Waals surface area contributed by atoms with E-state index in [9.17, 15) is 4.79 Å². The number of likely N-dealkylation sites (tertiary alicyclic amines) is 1. The predicted molar refractivity (Wildman–Crippen MR) is 108 cm³/mol. The number of hydrogen-bond acceptors (Lipinski definition) is 5. The number of para-hydroxylation sites is 2. The SMILES string of the molecule is COc1cccc(C(CNC(=O)COc2ccccc2OC)N2CCCC2)c1. The summed E-state index contributed by atoms with van der Waals surface area (Å²) < 4.78 is 16.2. The second kappa shape index (κ2) is 9.99. The van der Waals surface area contributed by atoms with Crippen LogP contribution in [0.25, 0.3) is 0 Å². The van der Waals surface area contributed by atoms with E-state index in [1.54, 1.807) is 26.4 Å². The summed E-state index contributed by atoms with van der Waals surface area (Å²) in [4.78, 5) is 14.8. The third kappa shape index (κ3) is 5.16. The lowest BCUT2D eigenvalue weighted by Crippen LogP contribution is -2.38. The molecule has 2 aromatic rings. The van der Waals surface area contributed by atoms with Crippen molar-refractivity contribution in [1.82, 2.24) is 10.2 Å². The Kier molecular flexibility index (Phi) is 7.14. The van der Waals surface area contributed by atoms with Gasteiger partial charge in [0.25, 0.3) is 5.91 Å². The molecular formula is C22H28N2O4. The largest absolute Gasteiger partial charge is 0.497 e. The van der Waals surface area contributed by atoms with E-state index in [0.717, 1.165) is 24.4 Å². The van der Waals surface area contributed by atoms with Crippen LogP contribution in [0.3, 0.4) is 0 Å². The maximum atomic E-state index is 12.4. The van der Waals surface area contributed by atoms with Gasteiger partial charge in [0.15, 0.2) is 18.1 Å². The van der Waals surface area contributed by atoms with Crippen molar-refractivity contribution in [2.75, 3.05) is 40.5 Å². The van der Waals surface area contributed by atoms with Gasteiger partial charge >= 0.3 is 0 Å². The predicted octanol–water partition coefficient (Wildman–Crippen LogP) is 3.04. The third-order valence-electron chi connectivity index (χ3n) is 4.98. The lowest BCUT2D eigenvalue weighted by atomic mass is 10.0. The molecule has 6 heteroatoms. The van der Waals surface area contributed by atoms with Crippen molar-refractivity contribution in [2.24, 2.45) is 0 Å². The molecule has 1 fully saturated rings. The molecule has 1 unspecified atom stereocenters. The van der Waals surface area contributed by atoms with Crippen LogP contribution >= 0.6 is 0 Å². The molecule has 1 atom stereocenters. The molecule has 6 nitrogen and oxygen atoms in total. The van der Waals surface area contributed by atoms with Crippen molar-refractivity contribution >= 4 is 5.91 Å². The van der Waals surface area contributed by atoms with Crippen LogP contribution in [0.1, 0.15) is 24.4 Å². The summed E-state index contributed by atoms with van der Waals surface area (Å²) in [5, 5.41) is 3.02. The Balaban J connectivity index is 1.60. The highest BCUT2D eigenvalue weighted by atomic mass is 16.5. The minimum atomic E-state index is -0.155. The molecule has 1 aliphatic rings. The van der Waals surface area contributed by atoms with Crippen LogP contribution in [-0.2, 0) is 4.79 Å². The fourth-order valence-corrected chi connectivity index (χ4v) is 3.50. The highest BCUT2D eigenvalue weighted by molar-refractivity contribution is 5.77. The lowest BCUT2D eigenvalue weighted by molar-refractivity contribution is -0.123. The van der Waals surface area contributed by atoms with Gasteiger partial charge in [0.1, 0.15) is 5.75 Å². The highest BCUT2D eigenvalue weighted by Crippen LogP contribution is 2.27. The highest BCUT2D eigenvalue weighted by Gasteiger charge is 2.24. The molecule has 1 heterocycles. The summed E-state index contributed by atoms with van der Waals surface area (Å²) in [6.45, 7) is 2.55. The summed E-state index contributed by atoms with van der Waals surface area (Å²) in [6.07, 6.45) is 2.37. The second-order valence-corrected chi connectivity index (χ2v) is 6.78. The average molecular weight is 384 g/mol. The molecule has 0 spiro atoms. The van der Waals surface area contributed by atoms with Crippen LogP contribution < -0.4 is 19.5 Å². The Hall–Kier alpha value is -2.73. The molecule has 1 amide bonds. The van der Waals surface area contributed by atoms with E-state index in [0.29, 0.717) is 18.0 Å². The zero-order valence-electron chi connectivity index (χ0n) is 16.5. The Labute approximate surface area is 166 Å². The first-order valence-electron chi connectivity index (χ1n) is 9.62. The van der Waals surface area contributed by atoms with Crippen LogP contribution in [-0.4, -0.2) is 51.3 Å². The van der Waals surface area contributed by atoms with E-state index in [1.165, 1.54) is 12.8 Å². The molecule has 1 N–H and O–H groups in total. The molecular weight excluding hydrogens is 356 g/mol. The van der Waals surface area contributed by atoms with Gasteiger partial charge in [-0.2, -0.15) is 0 Å². The normalized spacial score (nSPS) is 15.1. The van der Waals surface area contributed by atoms with E-state index in [2.05, 4.69) is 16.3 Å². The van der Waals surface area contributed by atoms with E-state index in [-0.39, 0.29) is 18.6 Å². The van der Waals surface area contributed by atoms with E-state index >= 15 is 0 Å². The van der Waals surface area contributed by atoms with Gasteiger partial charge < -0.3 is 19.5 Å². The van der Waals surface area contributed by atoms with Crippen molar-refractivity contribution in [3.63, 3.8) is 0 Å². The van der Waals surface area contributed by atoms with E-state index < -0.39 is 0 Å². The molecule has 0 aromatic heterocycles. The first-order valence-corrected chi connectivity index (χ1v) is 9.62. The molecule has 2 aromatic carbocycles. The number of nitrogens with zero attached hydrogens (tertiary/aromatic N) is 1. The summed E-state index contributed by atoms with van der Waals surface area (Å²) >= 11 is 0. The van der Waals surface area contributed by atoms with Gasteiger partial charge in [-0.05, 0) is 55.8 Å². The molecule has 150 valence electrons. The zero-order chi connectivity index (χ0) is 19.8. The number of carbonyl (C=O) groups is 1. The summed E-state index contributed by atoms with van der Waals surface area (Å²) in [6, 6.07) is 15.5.